The van der Waals surface area contributed by atoms with E-state index in [2.05, 4.69) is 123 Å². The van der Waals surface area contributed by atoms with Crippen molar-refractivity contribution in [3.8, 4) is 0 Å². The Kier molecular flexibility index (Phi) is 78.3. The second kappa shape index (κ2) is 81.6. The number of rotatable bonds is 80. The minimum atomic E-state index is -1.62. The monoisotopic (exact) mass is 1410 g/mol. The number of esters is 2. The number of unbranched alkanes of at least 4 members (excludes halogenated alkanes) is 47. The Morgan fingerprint density at radius 1 is 0.297 bits per heavy atom. The molecule has 101 heavy (non-hydrogen) atoms. The van der Waals surface area contributed by atoms with E-state index < -0.39 is 24.3 Å². The van der Waals surface area contributed by atoms with Crippen LogP contribution in [0.3, 0.4) is 0 Å². The summed E-state index contributed by atoms with van der Waals surface area (Å²) in [5, 5.41) is 11.9. The standard InChI is InChI=1S/C92H163NO8/c1-6-8-10-12-14-16-18-20-22-24-26-28-30-32-34-36-38-40-42-44-45-47-49-51-53-55-57-59-61-63-65-67-69-71-73-75-77-79-81-83-90(95)101-88(87-100-92(91(96)97)98-85-84-93(3,4)5)86-99-89(94)82-80-78-76-74-72-70-68-66-64-62-60-58-56-54-52-50-48-46-43-41-39-37-35-33-31-29-27-25-23-21-19-17-15-13-11-9-7-2/h8-11,14-17,20-23,26-29,32,34,88,92H,6-7,12-13,18-19,24-25,30-31,33,35-87H2,1-5H3/b10-8-,11-9-,16-14-,17-15-,22-20-,23-21-,28-26-,29-27-,34-32-. The van der Waals surface area contributed by atoms with Gasteiger partial charge in [-0.1, -0.05) is 399 Å². The fourth-order valence-corrected chi connectivity index (χ4v) is 12.6. The van der Waals surface area contributed by atoms with Gasteiger partial charge >= 0.3 is 11.9 Å². The van der Waals surface area contributed by atoms with Crippen LogP contribution >= 0.6 is 0 Å². The van der Waals surface area contributed by atoms with Gasteiger partial charge in [-0.25, -0.2) is 0 Å². The van der Waals surface area contributed by atoms with Crippen molar-refractivity contribution in [2.24, 2.45) is 0 Å². The van der Waals surface area contributed by atoms with Crippen molar-refractivity contribution in [1.29, 1.82) is 0 Å². The number of carboxylic acids is 1. The molecule has 0 fully saturated rings. The molecule has 0 aliphatic heterocycles. The first kappa shape index (κ1) is 97.0. The van der Waals surface area contributed by atoms with E-state index in [0.717, 1.165) is 89.9 Å². The number of quaternary nitrogens is 1. The van der Waals surface area contributed by atoms with Crippen molar-refractivity contribution in [3.63, 3.8) is 0 Å². The third kappa shape index (κ3) is 83.1. The van der Waals surface area contributed by atoms with Crippen molar-refractivity contribution in [2.45, 2.75) is 411 Å². The van der Waals surface area contributed by atoms with E-state index in [1.54, 1.807) is 0 Å². The lowest BCUT2D eigenvalue weighted by molar-refractivity contribution is -0.870. The Balaban J connectivity index is 3.94. The van der Waals surface area contributed by atoms with Gasteiger partial charge in [-0.05, 0) is 96.3 Å². The number of nitrogens with zero attached hydrogens (tertiary/aromatic N) is 1. The van der Waals surface area contributed by atoms with E-state index in [1.165, 1.54) is 276 Å². The van der Waals surface area contributed by atoms with Crippen molar-refractivity contribution in [3.05, 3.63) is 109 Å². The minimum Gasteiger partial charge on any atom is -0.545 e. The van der Waals surface area contributed by atoms with Crippen molar-refractivity contribution in [2.75, 3.05) is 47.5 Å². The number of hydrogen-bond acceptors (Lipinski definition) is 8. The van der Waals surface area contributed by atoms with Gasteiger partial charge in [0.25, 0.3) is 0 Å². The minimum absolute atomic E-state index is 0.148. The smallest absolute Gasteiger partial charge is 0.306 e. The number of ether oxygens (including phenoxy) is 4. The molecule has 0 aliphatic rings. The molecule has 0 saturated heterocycles. The van der Waals surface area contributed by atoms with Gasteiger partial charge in [0.2, 0.25) is 0 Å². The van der Waals surface area contributed by atoms with E-state index in [1.807, 2.05) is 21.1 Å². The highest BCUT2D eigenvalue weighted by molar-refractivity contribution is 5.70. The fraction of sp³-hybridized carbons (Fsp3) is 0.772. The van der Waals surface area contributed by atoms with Gasteiger partial charge in [0.05, 0.1) is 40.3 Å². The summed E-state index contributed by atoms with van der Waals surface area (Å²) in [7, 11) is 5.95. The summed E-state index contributed by atoms with van der Waals surface area (Å²) in [5.74, 6) is -2.26. The molecule has 584 valence electrons. The van der Waals surface area contributed by atoms with Gasteiger partial charge in [-0.2, -0.15) is 0 Å². The van der Waals surface area contributed by atoms with Gasteiger partial charge in [-0.3, -0.25) is 9.59 Å². The second-order valence-corrected chi connectivity index (χ2v) is 30.1. The number of carbonyl (C=O) groups excluding carboxylic acids is 3. The van der Waals surface area contributed by atoms with E-state index in [4.69, 9.17) is 18.9 Å². The molecule has 2 atom stereocenters. The highest BCUT2D eigenvalue weighted by Gasteiger charge is 2.22. The summed E-state index contributed by atoms with van der Waals surface area (Å²) in [4.78, 5) is 37.7. The Morgan fingerprint density at radius 3 is 0.792 bits per heavy atom. The van der Waals surface area contributed by atoms with Crippen molar-refractivity contribution in [1.82, 2.24) is 0 Å². The Morgan fingerprint density at radius 2 is 0.535 bits per heavy atom. The van der Waals surface area contributed by atoms with Crippen LogP contribution in [0.5, 0.6) is 0 Å². The van der Waals surface area contributed by atoms with Crippen LogP contribution < -0.4 is 5.11 Å². The second-order valence-electron chi connectivity index (χ2n) is 30.1. The zero-order valence-electron chi connectivity index (χ0n) is 67.0. The molecule has 0 aromatic heterocycles. The number of allylic oxidation sites excluding steroid dienone is 18. The average molecular weight is 1410 g/mol. The molecule has 0 aromatic rings. The molecule has 0 bridgehead atoms. The topological polar surface area (TPSA) is 111 Å². The SMILES string of the molecule is CC/C=C\C/C=C\C/C=C\C/C=C\C/C=C\CCCCCCCCCCCCCCCCCCCCCCCCCC(=O)OC(COC(=O)CCCCCCCCCCCCCCCCCCCCCCCCCC/C=C\C/C=C\C/C=C\C/C=C\CC)COC(OCC[N+](C)(C)C)C(=O)[O-]. The molecule has 0 heterocycles. The number of carboxylic acid groups (broad SMARTS) is 1. The van der Waals surface area contributed by atoms with Crippen LogP contribution in [-0.2, 0) is 33.3 Å². The maximum atomic E-state index is 13.0. The molecule has 0 saturated carbocycles. The highest BCUT2D eigenvalue weighted by atomic mass is 16.7. The van der Waals surface area contributed by atoms with Gasteiger partial charge < -0.3 is 33.3 Å². The van der Waals surface area contributed by atoms with Crippen LogP contribution in [0.4, 0.5) is 0 Å². The van der Waals surface area contributed by atoms with E-state index in [-0.39, 0.29) is 32.2 Å². The van der Waals surface area contributed by atoms with Crippen LogP contribution in [0, 0.1) is 0 Å². The average Bonchev–Trinajstić information content (AvgIpc) is 1.21. The van der Waals surface area contributed by atoms with Crippen LogP contribution in [0.15, 0.2) is 109 Å². The summed E-state index contributed by atoms with van der Waals surface area (Å²) in [6.45, 7) is 4.58. The molecule has 0 spiro atoms. The maximum Gasteiger partial charge on any atom is 0.306 e. The predicted octanol–water partition coefficient (Wildman–Crippen LogP) is 26.7. The first-order chi connectivity index (χ1) is 49.6. The Hall–Kier alpha value is -4.05. The third-order valence-corrected chi connectivity index (χ3v) is 19.0. The number of carbonyl (C=O) groups is 3. The largest absolute Gasteiger partial charge is 0.545 e. The molecular formula is C92H163NO8. The van der Waals surface area contributed by atoms with E-state index >= 15 is 0 Å². The summed E-state index contributed by atoms with van der Waals surface area (Å²) in [5.41, 5.74) is 0. The third-order valence-electron chi connectivity index (χ3n) is 19.0. The highest BCUT2D eigenvalue weighted by Crippen LogP contribution is 2.20. The normalized spacial score (nSPS) is 13.2. The van der Waals surface area contributed by atoms with E-state index in [0.29, 0.717) is 23.9 Å². The number of aliphatic carboxylic acids is 1. The van der Waals surface area contributed by atoms with Crippen molar-refractivity contribution < 1.29 is 42.9 Å². The first-order valence-electron chi connectivity index (χ1n) is 43.0. The zero-order chi connectivity index (χ0) is 73.2. The molecule has 9 nitrogen and oxygen atoms in total. The Labute approximate surface area is 625 Å². The van der Waals surface area contributed by atoms with Crippen LogP contribution in [0.2, 0.25) is 0 Å². The van der Waals surface area contributed by atoms with E-state index in [9.17, 15) is 19.5 Å². The van der Waals surface area contributed by atoms with Gasteiger partial charge in [0, 0.05) is 12.8 Å². The van der Waals surface area contributed by atoms with Crippen LogP contribution in [0.1, 0.15) is 399 Å². The molecular weight excluding hydrogens is 1250 g/mol. The maximum absolute atomic E-state index is 13.0. The molecule has 0 radical (unpaired) electrons. The molecule has 9 heteroatoms. The summed E-state index contributed by atoms with van der Waals surface area (Å²) in [6, 6.07) is 0. The molecule has 0 amide bonds. The number of likely N-dealkylation sites (N-methyl/N-ethyl adjacent to an activating group) is 1. The van der Waals surface area contributed by atoms with Gasteiger partial charge in [-0.15, -0.1) is 0 Å². The lowest BCUT2D eigenvalue weighted by Crippen LogP contribution is -2.44. The number of hydrogen-bond donors (Lipinski definition) is 0. The summed E-state index contributed by atoms with van der Waals surface area (Å²) >= 11 is 0. The molecule has 0 aromatic carbocycles. The van der Waals surface area contributed by atoms with Crippen molar-refractivity contribution >= 4 is 17.9 Å². The molecule has 0 rings (SSSR count). The lowest BCUT2D eigenvalue weighted by atomic mass is 10.0. The van der Waals surface area contributed by atoms with Gasteiger partial charge in [0.1, 0.15) is 13.2 Å². The summed E-state index contributed by atoms with van der Waals surface area (Å²) < 4.78 is 22.9. The molecule has 0 N–H and O–H groups in total. The fourth-order valence-electron chi connectivity index (χ4n) is 12.6. The zero-order valence-corrected chi connectivity index (χ0v) is 67.0. The van der Waals surface area contributed by atoms with Crippen LogP contribution in [-0.4, -0.2) is 82.3 Å². The van der Waals surface area contributed by atoms with Crippen LogP contribution in [0.25, 0.3) is 0 Å². The Bertz CT molecular complexity index is 2040. The predicted molar refractivity (Wildman–Crippen MR) is 435 cm³/mol. The molecule has 2 unspecified atom stereocenters. The first-order valence-corrected chi connectivity index (χ1v) is 43.0. The lowest BCUT2D eigenvalue weighted by Gasteiger charge is -2.26. The quantitative estimate of drug-likeness (QED) is 0.0195. The summed E-state index contributed by atoms with van der Waals surface area (Å²) in [6.07, 6.45) is 112. The van der Waals surface area contributed by atoms with Gasteiger partial charge in [0.15, 0.2) is 12.4 Å². The molecule has 0 aliphatic carbocycles.